The number of nitrogens with one attached hydrogen (secondary N) is 1. The van der Waals surface area contributed by atoms with Gasteiger partial charge in [0.1, 0.15) is 29.7 Å². The van der Waals surface area contributed by atoms with Crippen LogP contribution in [0.5, 0.6) is 11.6 Å². The third kappa shape index (κ3) is 6.49. The zero-order valence-corrected chi connectivity index (χ0v) is 27.4. The highest BCUT2D eigenvalue weighted by Crippen LogP contribution is 2.41. The van der Waals surface area contributed by atoms with Gasteiger partial charge in [0.05, 0.1) is 30.7 Å². The molecule has 2 amide bonds. The molecule has 3 aliphatic rings. The first-order valence-corrected chi connectivity index (χ1v) is 16.1. The van der Waals surface area contributed by atoms with Gasteiger partial charge >= 0.3 is 6.09 Å². The standard InChI is InChI=1S/C34H48N4O6/c1-9-23-27-17-38(29(23)20(4)39)32(40)30(34(5,6)7)37-33(41)44-26-15-21(26)12-10-11-18(2)19(3)28-31(43-27)36-25-16-22(42-8)13-14-24(25)35-28/h13-14,16,18-19,21,23,26-27,29-30H,9-12,15,17H2,1-8H3,(H,37,41)/t18?,19?,21-,23-,26-,27+,29-,30-/m1/s1. The van der Waals surface area contributed by atoms with E-state index in [-0.39, 0.29) is 36.2 Å². The van der Waals surface area contributed by atoms with Crippen molar-refractivity contribution in [2.24, 2.45) is 23.2 Å². The summed E-state index contributed by atoms with van der Waals surface area (Å²) in [6, 6.07) is 4.06. The number of Topliss-reactive ketones (excluding diaryl/α,β-unsaturated/α-hetero) is 1. The summed E-state index contributed by atoms with van der Waals surface area (Å²) in [4.78, 5) is 52.1. The number of aromatic nitrogens is 2. The number of fused-ring (bicyclic) bond motifs is 5. The molecule has 1 aromatic heterocycles. The van der Waals surface area contributed by atoms with E-state index in [1.165, 1.54) is 6.92 Å². The second kappa shape index (κ2) is 12.5. The Labute approximate surface area is 260 Å². The van der Waals surface area contributed by atoms with Gasteiger partial charge in [-0.3, -0.25) is 9.59 Å². The van der Waals surface area contributed by atoms with Gasteiger partial charge in [-0.25, -0.2) is 14.8 Å². The Kier molecular flexibility index (Phi) is 9.10. The van der Waals surface area contributed by atoms with E-state index in [1.54, 1.807) is 12.0 Å². The van der Waals surface area contributed by atoms with Crippen LogP contribution < -0.4 is 14.8 Å². The Balaban J connectivity index is 1.58. The topological polar surface area (TPSA) is 120 Å². The molecular weight excluding hydrogens is 560 g/mol. The number of amides is 2. The maximum absolute atomic E-state index is 14.2. The zero-order chi connectivity index (χ0) is 31.9. The van der Waals surface area contributed by atoms with E-state index in [0.29, 0.717) is 35.4 Å². The molecule has 8 atom stereocenters. The highest BCUT2D eigenvalue weighted by molar-refractivity contribution is 5.92. The van der Waals surface area contributed by atoms with Gasteiger partial charge < -0.3 is 24.4 Å². The molecule has 2 unspecified atom stereocenters. The monoisotopic (exact) mass is 608 g/mol. The molecule has 10 nitrogen and oxygen atoms in total. The maximum Gasteiger partial charge on any atom is 0.408 e. The molecule has 10 heteroatoms. The molecule has 2 aromatic rings. The van der Waals surface area contributed by atoms with Crippen LogP contribution in [0.3, 0.4) is 0 Å². The number of nitrogens with zero attached hydrogens (tertiary/aromatic N) is 3. The highest BCUT2D eigenvalue weighted by atomic mass is 16.6. The Hall–Kier alpha value is -3.43. The van der Waals surface area contributed by atoms with E-state index in [9.17, 15) is 14.4 Å². The fourth-order valence-electron chi connectivity index (χ4n) is 6.91. The number of hydrogen-bond acceptors (Lipinski definition) is 8. The Morgan fingerprint density at radius 3 is 2.50 bits per heavy atom. The van der Waals surface area contributed by atoms with Crippen molar-refractivity contribution < 1.29 is 28.6 Å². The Morgan fingerprint density at radius 1 is 1.09 bits per heavy atom. The van der Waals surface area contributed by atoms with Crippen molar-refractivity contribution in [2.45, 2.75) is 111 Å². The molecule has 5 rings (SSSR count). The van der Waals surface area contributed by atoms with Crippen LogP contribution in [0.15, 0.2) is 18.2 Å². The summed E-state index contributed by atoms with van der Waals surface area (Å²) < 4.78 is 18.0. The largest absolute Gasteiger partial charge is 0.497 e. The maximum atomic E-state index is 14.2. The van der Waals surface area contributed by atoms with Gasteiger partial charge in [-0.15, -0.1) is 0 Å². The van der Waals surface area contributed by atoms with Crippen LogP contribution in [0, 0.1) is 23.2 Å². The molecule has 1 saturated heterocycles. The van der Waals surface area contributed by atoms with Crippen molar-refractivity contribution >= 4 is 28.8 Å². The lowest BCUT2D eigenvalue weighted by molar-refractivity contribution is -0.141. The highest BCUT2D eigenvalue weighted by Gasteiger charge is 2.50. The lowest BCUT2D eigenvalue weighted by Gasteiger charge is -2.35. The number of benzene rings is 1. The summed E-state index contributed by atoms with van der Waals surface area (Å²) in [5.41, 5.74) is 1.57. The summed E-state index contributed by atoms with van der Waals surface area (Å²) in [6.45, 7) is 13.8. The normalized spacial score (nSPS) is 31.5. The van der Waals surface area contributed by atoms with Crippen molar-refractivity contribution in [3.8, 4) is 11.6 Å². The summed E-state index contributed by atoms with van der Waals surface area (Å²) in [7, 11) is 1.62. The number of methoxy groups -OCH3 is 1. The van der Waals surface area contributed by atoms with Crippen LogP contribution in [0.2, 0.25) is 0 Å². The van der Waals surface area contributed by atoms with Crippen molar-refractivity contribution in [3.05, 3.63) is 23.9 Å². The third-order valence-electron chi connectivity index (χ3n) is 9.90. The smallest absolute Gasteiger partial charge is 0.408 e. The van der Waals surface area contributed by atoms with Crippen LogP contribution >= 0.6 is 0 Å². The fourth-order valence-corrected chi connectivity index (χ4v) is 6.91. The predicted molar refractivity (Wildman–Crippen MR) is 167 cm³/mol. The average Bonchev–Trinajstić information content (AvgIpc) is 3.59. The van der Waals surface area contributed by atoms with Crippen molar-refractivity contribution in [1.82, 2.24) is 20.2 Å². The molecule has 240 valence electrons. The molecule has 3 heterocycles. The molecule has 1 N–H and O–H groups in total. The molecule has 2 aliphatic heterocycles. The minimum absolute atomic E-state index is 0.0491. The van der Waals surface area contributed by atoms with E-state index in [4.69, 9.17) is 24.2 Å². The second-order valence-corrected chi connectivity index (χ2v) is 14.1. The molecular formula is C34H48N4O6. The zero-order valence-electron chi connectivity index (χ0n) is 27.4. The van der Waals surface area contributed by atoms with Gasteiger partial charge in [-0.1, -0.05) is 54.4 Å². The van der Waals surface area contributed by atoms with E-state index in [0.717, 1.165) is 36.9 Å². The molecule has 2 fully saturated rings. The second-order valence-electron chi connectivity index (χ2n) is 14.1. The van der Waals surface area contributed by atoms with Crippen LogP contribution in [-0.2, 0) is 14.3 Å². The SMILES string of the molecule is CC[C@@H]1[C@@H]2CN(C(=O)[C@H](C(C)(C)C)NC(=O)O[C@@H]3C[C@H]3CCCC(C)C(C)c3nc4ccc(OC)cc4nc3O2)[C@@H]1C(C)=O. The van der Waals surface area contributed by atoms with E-state index in [2.05, 4.69) is 19.2 Å². The van der Waals surface area contributed by atoms with Crippen molar-refractivity contribution in [2.75, 3.05) is 13.7 Å². The Bertz CT molecular complexity index is 1410. The summed E-state index contributed by atoms with van der Waals surface area (Å²) in [6.07, 6.45) is 3.21. The number of ketones is 1. The van der Waals surface area contributed by atoms with Gasteiger partial charge in [-0.05, 0) is 55.6 Å². The molecule has 0 spiro atoms. The number of rotatable bonds is 3. The van der Waals surface area contributed by atoms with Crippen molar-refractivity contribution in [1.29, 1.82) is 0 Å². The molecule has 44 heavy (non-hydrogen) atoms. The molecule has 0 radical (unpaired) electrons. The van der Waals surface area contributed by atoms with Gasteiger partial charge in [0, 0.05) is 17.9 Å². The lowest BCUT2D eigenvalue weighted by Crippen LogP contribution is -2.57. The predicted octanol–water partition coefficient (Wildman–Crippen LogP) is 5.66. The molecule has 1 aliphatic carbocycles. The van der Waals surface area contributed by atoms with E-state index < -0.39 is 29.7 Å². The number of ether oxygens (including phenoxy) is 3. The number of carbonyl (C=O) groups is 3. The van der Waals surface area contributed by atoms with Crippen LogP contribution in [0.4, 0.5) is 4.79 Å². The fraction of sp³-hybridized carbons (Fsp3) is 0.676. The van der Waals surface area contributed by atoms with Gasteiger partial charge in [-0.2, -0.15) is 0 Å². The van der Waals surface area contributed by atoms with Gasteiger partial charge in [0.15, 0.2) is 5.78 Å². The minimum atomic E-state index is -0.881. The number of alkyl carbamates (subject to hydrolysis) is 1. The minimum Gasteiger partial charge on any atom is -0.497 e. The first-order chi connectivity index (χ1) is 20.8. The Morgan fingerprint density at radius 2 is 1.84 bits per heavy atom. The van der Waals surface area contributed by atoms with Crippen LogP contribution in [0.25, 0.3) is 11.0 Å². The van der Waals surface area contributed by atoms with Gasteiger partial charge in [0.2, 0.25) is 11.8 Å². The number of hydrogen-bond donors (Lipinski definition) is 1. The molecule has 2 bridgehead atoms. The average molecular weight is 609 g/mol. The van der Waals surface area contributed by atoms with Crippen molar-refractivity contribution in [3.63, 3.8) is 0 Å². The van der Waals surface area contributed by atoms with E-state index >= 15 is 0 Å². The number of carbonyl (C=O) groups excluding carboxylic acids is 3. The summed E-state index contributed by atoms with van der Waals surface area (Å²) in [5.74, 6) is 1.08. The van der Waals surface area contributed by atoms with Crippen LogP contribution in [0.1, 0.15) is 92.2 Å². The first kappa shape index (κ1) is 32.0. The summed E-state index contributed by atoms with van der Waals surface area (Å²) in [5, 5.41) is 2.86. The van der Waals surface area contributed by atoms with Crippen LogP contribution in [-0.4, -0.2) is 70.6 Å². The van der Waals surface area contributed by atoms with Gasteiger partial charge in [0.25, 0.3) is 0 Å². The molecule has 1 aromatic carbocycles. The quantitative estimate of drug-likeness (QED) is 0.474. The third-order valence-corrected chi connectivity index (χ3v) is 9.90. The lowest BCUT2D eigenvalue weighted by atomic mass is 9.85. The first-order valence-electron chi connectivity index (χ1n) is 16.1. The van der Waals surface area contributed by atoms with E-state index in [1.807, 2.05) is 45.9 Å². The summed E-state index contributed by atoms with van der Waals surface area (Å²) >= 11 is 0. The molecule has 1 saturated carbocycles.